The van der Waals surface area contributed by atoms with Crippen molar-refractivity contribution in [1.82, 2.24) is 5.32 Å². The van der Waals surface area contributed by atoms with Crippen molar-refractivity contribution in [2.24, 2.45) is 0 Å². The van der Waals surface area contributed by atoms with Gasteiger partial charge in [-0.05, 0) is 54.8 Å². The van der Waals surface area contributed by atoms with Crippen molar-refractivity contribution < 1.29 is 19.4 Å². The number of allylic oxidation sites excluding steroid dienone is 1. The summed E-state index contributed by atoms with van der Waals surface area (Å²) in [6, 6.07) is 15.2. The first kappa shape index (κ1) is 20.0. The number of aliphatic hydroxyl groups is 1. The van der Waals surface area contributed by atoms with E-state index in [0.717, 1.165) is 34.9 Å². The number of carbonyl (C=O) groups is 2. The average molecular weight is 407 g/mol. The minimum atomic E-state index is -0.0828. The molecule has 0 radical (unpaired) electrons. The molecule has 0 saturated carbocycles. The summed E-state index contributed by atoms with van der Waals surface area (Å²) >= 11 is 0. The largest absolute Gasteiger partial charge is 0.494 e. The Morgan fingerprint density at radius 2 is 2.03 bits per heavy atom. The van der Waals surface area contributed by atoms with Crippen LogP contribution in [0, 0.1) is 0 Å². The van der Waals surface area contributed by atoms with Crippen molar-refractivity contribution in [2.45, 2.75) is 19.3 Å². The molecule has 2 aromatic rings. The summed E-state index contributed by atoms with van der Waals surface area (Å²) in [6.45, 7) is 0.961. The Labute approximate surface area is 175 Å². The van der Waals surface area contributed by atoms with E-state index < -0.39 is 0 Å². The van der Waals surface area contributed by atoms with E-state index >= 15 is 0 Å². The van der Waals surface area contributed by atoms with Crippen LogP contribution in [0.3, 0.4) is 0 Å². The van der Waals surface area contributed by atoms with E-state index in [1.165, 1.54) is 0 Å². The summed E-state index contributed by atoms with van der Waals surface area (Å²) in [5.41, 5.74) is 2.92. The lowest BCUT2D eigenvalue weighted by molar-refractivity contribution is -0.119. The van der Waals surface area contributed by atoms with E-state index in [0.29, 0.717) is 26.0 Å². The third-order valence-electron chi connectivity index (χ3n) is 5.21. The first-order valence-electron chi connectivity index (χ1n) is 10.2. The van der Waals surface area contributed by atoms with E-state index in [4.69, 9.17) is 4.74 Å². The van der Waals surface area contributed by atoms with E-state index in [9.17, 15) is 14.7 Å². The highest BCUT2D eigenvalue weighted by molar-refractivity contribution is 5.93. The molecule has 2 N–H and O–H groups in total. The number of para-hydroxylation sites is 1. The molecule has 2 amide bonds. The Hall–Kier alpha value is -3.32. The van der Waals surface area contributed by atoms with Crippen LogP contribution in [-0.2, 0) is 16.0 Å². The van der Waals surface area contributed by atoms with Crippen LogP contribution in [0.2, 0.25) is 0 Å². The average Bonchev–Trinajstić information content (AvgIpc) is 3.16. The highest BCUT2D eigenvalue weighted by atomic mass is 16.5. The molecular weight excluding hydrogens is 382 g/mol. The van der Waals surface area contributed by atoms with E-state index in [1.54, 1.807) is 4.90 Å². The van der Waals surface area contributed by atoms with Gasteiger partial charge in [0.05, 0.1) is 13.2 Å². The molecule has 156 valence electrons. The molecule has 0 aliphatic carbocycles. The van der Waals surface area contributed by atoms with E-state index in [-0.39, 0.29) is 25.0 Å². The molecule has 30 heavy (non-hydrogen) atoms. The van der Waals surface area contributed by atoms with Crippen LogP contribution in [0.25, 0.3) is 0 Å². The molecule has 7 nitrogen and oxygen atoms in total. The van der Waals surface area contributed by atoms with Crippen molar-refractivity contribution in [3.8, 4) is 5.75 Å². The van der Waals surface area contributed by atoms with Gasteiger partial charge in [-0.25, -0.2) is 0 Å². The maximum Gasteiger partial charge on any atom is 0.245 e. The molecule has 0 unspecified atom stereocenters. The van der Waals surface area contributed by atoms with Gasteiger partial charge in [0, 0.05) is 24.3 Å². The van der Waals surface area contributed by atoms with Crippen LogP contribution in [0.5, 0.6) is 5.75 Å². The Morgan fingerprint density at radius 1 is 1.20 bits per heavy atom. The third kappa shape index (κ3) is 4.31. The van der Waals surface area contributed by atoms with Gasteiger partial charge in [-0.2, -0.15) is 0 Å². The van der Waals surface area contributed by atoms with Crippen LogP contribution in [0.15, 0.2) is 60.4 Å². The summed E-state index contributed by atoms with van der Waals surface area (Å²) in [4.78, 5) is 27.8. The van der Waals surface area contributed by atoms with Crippen LogP contribution in [0.4, 0.5) is 11.4 Å². The topological polar surface area (TPSA) is 82.1 Å². The minimum Gasteiger partial charge on any atom is -0.494 e. The number of amides is 2. The molecule has 2 aromatic carbocycles. The van der Waals surface area contributed by atoms with Gasteiger partial charge in [0.1, 0.15) is 18.1 Å². The summed E-state index contributed by atoms with van der Waals surface area (Å²) in [6.07, 6.45) is 3.67. The number of aliphatic hydroxyl groups excluding tert-OH is 1. The number of nitrogens with zero attached hydrogens (tertiary/aromatic N) is 2. The van der Waals surface area contributed by atoms with Crippen LogP contribution >= 0.6 is 0 Å². The van der Waals surface area contributed by atoms with Crippen LogP contribution in [0.1, 0.15) is 18.4 Å². The van der Waals surface area contributed by atoms with Gasteiger partial charge in [0.25, 0.3) is 0 Å². The number of fused-ring (bicyclic) bond motifs is 3. The molecule has 1 fully saturated rings. The minimum absolute atomic E-state index is 0.00448. The van der Waals surface area contributed by atoms with Crippen molar-refractivity contribution in [3.05, 3.63) is 66.0 Å². The van der Waals surface area contributed by atoms with Crippen molar-refractivity contribution in [2.75, 3.05) is 36.1 Å². The summed E-state index contributed by atoms with van der Waals surface area (Å²) in [5.74, 6) is 1.58. The molecule has 1 saturated heterocycles. The van der Waals surface area contributed by atoms with Gasteiger partial charge in [-0.3, -0.25) is 9.59 Å². The second kappa shape index (κ2) is 9.00. The predicted molar refractivity (Wildman–Crippen MR) is 114 cm³/mol. The fourth-order valence-electron chi connectivity index (χ4n) is 3.79. The maximum atomic E-state index is 12.6. The highest BCUT2D eigenvalue weighted by Gasteiger charge is 2.28. The SMILES string of the molecule is O=C1CN2C(=CCc3cc(OCCCC(=O)N(CCO)c4ccccc4)ccc32)N1. The lowest BCUT2D eigenvalue weighted by Crippen LogP contribution is -2.33. The predicted octanol–water partition coefficient (Wildman–Crippen LogP) is 2.20. The van der Waals surface area contributed by atoms with Crippen molar-refractivity contribution >= 4 is 23.2 Å². The molecule has 0 spiro atoms. The van der Waals surface area contributed by atoms with Crippen LogP contribution in [-0.4, -0.2) is 43.2 Å². The number of hydrogen-bond acceptors (Lipinski definition) is 5. The maximum absolute atomic E-state index is 12.6. The van der Waals surface area contributed by atoms with E-state index in [2.05, 4.69) is 5.32 Å². The van der Waals surface area contributed by atoms with Gasteiger partial charge in [0.2, 0.25) is 11.8 Å². The zero-order valence-corrected chi connectivity index (χ0v) is 16.7. The number of rotatable bonds is 8. The zero-order chi connectivity index (χ0) is 20.9. The second-order valence-corrected chi connectivity index (χ2v) is 7.27. The summed E-state index contributed by atoms with van der Waals surface area (Å²) < 4.78 is 5.86. The second-order valence-electron chi connectivity index (χ2n) is 7.27. The Morgan fingerprint density at radius 3 is 2.83 bits per heavy atom. The van der Waals surface area contributed by atoms with Crippen molar-refractivity contribution in [3.63, 3.8) is 0 Å². The van der Waals surface area contributed by atoms with Crippen LogP contribution < -0.4 is 19.9 Å². The van der Waals surface area contributed by atoms with Gasteiger partial charge >= 0.3 is 0 Å². The quantitative estimate of drug-likeness (QED) is 0.656. The fraction of sp³-hybridized carbons (Fsp3) is 0.304. The first-order valence-corrected chi connectivity index (χ1v) is 10.2. The molecule has 0 aromatic heterocycles. The number of nitrogens with one attached hydrogen (secondary N) is 1. The number of ether oxygens (including phenoxy) is 1. The lowest BCUT2D eigenvalue weighted by atomic mass is 10.0. The Kier molecular flexibility index (Phi) is 5.99. The molecule has 4 rings (SSSR count). The molecule has 2 aliphatic heterocycles. The molecule has 2 aliphatic rings. The summed E-state index contributed by atoms with van der Waals surface area (Å²) in [7, 11) is 0. The number of carbonyl (C=O) groups excluding carboxylic acids is 2. The smallest absolute Gasteiger partial charge is 0.245 e. The first-order chi connectivity index (χ1) is 14.7. The standard InChI is InChI=1S/C23H25N3O4/c27-13-12-25(18-5-2-1-3-6-18)23(29)7-4-14-30-19-9-10-20-17(15-19)8-11-21-24-22(28)16-26(20)21/h1-3,5-6,9-11,15,27H,4,7-8,12-14,16H2,(H,24,28). The number of hydrogen-bond donors (Lipinski definition) is 2. The highest BCUT2D eigenvalue weighted by Crippen LogP contribution is 2.33. The van der Waals surface area contributed by atoms with Gasteiger partial charge in [0.15, 0.2) is 0 Å². The fourth-order valence-corrected chi connectivity index (χ4v) is 3.79. The zero-order valence-electron chi connectivity index (χ0n) is 16.7. The third-order valence-corrected chi connectivity index (χ3v) is 5.21. The molecular formula is C23H25N3O4. The Balaban J connectivity index is 1.30. The monoisotopic (exact) mass is 407 g/mol. The molecule has 2 heterocycles. The van der Waals surface area contributed by atoms with Gasteiger partial charge < -0.3 is 25.0 Å². The normalized spacial score (nSPS) is 14.5. The number of anilines is 2. The lowest BCUT2D eigenvalue weighted by Gasteiger charge is -2.25. The molecule has 0 bridgehead atoms. The molecule has 0 atom stereocenters. The molecule has 7 heteroatoms. The van der Waals surface area contributed by atoms with Gasteiger partial charge in [-0.1, -0.05) is 18.2 Å². The summed E-state index contributed by atoms with van der Waals surface area (Å²) in [5, 5.41) is 12.1. The van der Waals surface area contributed by atoms with Crippen molar-refractivity contribution in [1.29, 1.82) is 0 Å². The van der Waals surface area contributed by atoms with E-state index in [1.807, 2.05) is 59.5 Å². The number of benzene rings is 2. The Bertz CT molecular complexity index is 958. The van der Waals surface area contributed by atoms with Gasteiger partial charge in [-0.15, -0.1) is 0 Å².